The van der Waals surface area contributed by atoms with Crippen LogP contribution in [-0.4, -0.2) is 37.4 Å². The summed E-state index contributed by atoms with van der Waals surface area (Å²) in [7, 11) is 0. The van der Waals surface area contributed by atoms with Crippen molar-refractivity contribution in [3.63, 3.8) is 0 Å². The van der Waals surface area contributed by atoms with Crippen molar-refractivity contribution < 1.29 is 9.47 Å². The number of anilines is 2. The minimum Gasteiger partial charge on any atom is -0.478 e. The molecule has 8 nitrogen and oxygen atoms in total. The Morgan fingerprint density at radius 1 is 1.06 bits per heavy atom. The number of rotatable bonds is 6. The highest BCUT2D eigenvalue weighted by molar-refractivity contribution is 5.92. The molecule has 1 aliphatic rings. The number of nitrogens with zero attached hydrogens (tertiary/aromatic N) is 5. The van der Waals surface area contributed by atoms with E-state index in [0.29, 0.717) is 13.0 Å². The van der Waals surface area contributed by atoms with Crippen molar-refractivity contribution in [1.29, 1.82) is 0 Å². The summed E-state index contributed by atoms with van der Waals surface area (Å²) in [5.41, 5.74) is 4.61. The van der Waals surface area contributed by atoms with Gasteiger partial charge in [-0.15, -0.1) is 0 Å². The molecule has 1 aliphatic heterocycles. The zero-order chi connectivity index (χ0) is 24.7. The third-order valence-corrected chi connectivity index (χ3v) is 6.10. The molecule has 2 aromatic carbocycles. The number of aryl methyl sites for hydroxylation is 1. The largest absolute Gasteiger partial charge is 0.478 e. The fourth-order valence-corrected chi connectivity index (χ4v) is 4.31. The van der Waals surface area contributed by atoms with Gasteiger partial charge < -0.3 is 19.2 Å². The highest BCUT2D eigenvalue weighted by atomic mass is 16.5. The summed E-state index contributed by atoms with van der Waals surface area (Å²) in [4.78, 5) is 17.9. The number of fused-ring (bicyclic) bond motifs is 2. The second kappa shape index (κ2) is 8.64. The molecular formula is C28H26N6O2. The average Bonchev–Trinajstić information content (AvgIpc) is 3.46. The van der Waals surface area contributed by atoms with E-state index in [-0.39, 0.29) is 5.54 Å². The molecular weight excluding hydrogens is 452 g/mol. The molecule has 36 heavy (non-hydrogen) atoms. The zero-order valence-corrected chi connectivity index (χ0v) is 20.4. The van der Waals surface area contributed by atoms with Crippen LogP contribution in [0.25, 0.3) is 16.6 Å². The van der Waals surface area contributed by atoms with Crippen molar-refractivity contribution in [3.05, 3.63) is 84.6 Å². The fourth-order valence-electron chi connectivity index (χ4n) is 4.31. The molecule has 0 radical (unpaired) electrons. The SMILES string of the molecule is Cc1cc(Nc2ncnc3ccc(CC4=NC(C)(C)CO4)cc23)ccc1Oc1ccc2nccn2c1. The Bertz CT molecular complexity index is 1620. The number of imidazole rings is 1. The van der Waals surface area contributed by atoms with Gasteiger partial charge in [0.25, 0.3) is 0 Å². The molecule has 0 bridgehead atoms. The number of aromatic nitrogens is 4. The van der Waals surface area contributed by atoms with Crippen LogP contribution in [0.2, 0.25) is 0 Å². The van der Waals surface area contributed by atoms with Gasteiger partial charge in [0.15, 0.2) is 5.90 Å². The summed E-state index contributed by atoms with van der Waals surface area (Å²) in [5.74, 6) is 3.05. The number of ether oxygens (including phenoxy) is 2. The molecule has 0 aliphatic carbocycles. The molecule has 180 valence electrons. The minimum atomic E-state index is -0.165. The van der Waals surface area contributed by atoms with Crippen LogP contribution in [0, 0.1) is 6.92 Å². The fraction of sp³-hybridized carbons (Fsp3) is 0.214. The first-order valence-corrected chi connectivity index (χ1v) is 11.9. The summed E-state index contributed by atoms with van der Waals surface area (Å²) in [6.07, 6.45) is 7.80. The molecule has 5 aromatic rings. The van der Waals surface area contributed by atoms with Crippen LogP contribution >= 0.6 is 0 Å². The molecule has 0 saturated carbocycles. The van der Waals surface area contributed by atoms with E-state index in [4.69, 9.17) is 9.47 Å². The van der Waals surface area contributed by atoms with Crippen molar-refractivity contribution in [3.8, 4) is 11.5 Å². The lowest BCUT2D eigenvalue weighted by molar-refractivity contribution is 0.275. The molecule has 0 unspecified atom stereocenters. The summed E-state index contributed by atoms with van der Waals surface area (Å²) >= 11 is 0. The van der Waals surface area contributed by atoms with Gasteiger partial charge in [0, 0.05) is 29.9 Å². The van der Waals surface area contributed by atoms with Crippen LogP contribution in [0.1, 0.15) is 25.0 Å². The Morgan fingerprint density at radius 2 is 1.97 bits per heavy atom. The monoisotopic (exact) mass is 478 g/mol. The third kappa shape index (κ3) is 4.45. The lowest BCUT2D eigenvalue weighted by atomic mass is 10.1. The molecule has 3 aromatic heterocycles. The predicted octanol–water partition coefficient (Wildman–Crippen LogP) is 5.87. The predicted molar refractivity (Wildman–Crippen MR) is 140 cm³/mol. The van der Waals surface area contributed by atoms with Crippen LogP contribution < -0.4 is 10.1 Å². The first kappa shape index (κ1) is 22.0. The van der Waals surface area contributed by atoms with Crippen LogP contribution in [0.5, 0.6) is 11.5 Å². The molecule has 0 amide bonds. The number of pyridine rings is 1. The second-order valence-corrected chi connectivity index (χ2v) is 9.62. The topological polar surface area (TPSA) is 85.9 Å². The Labute approximate surface area is 208 Å². The van der Waals surface area contributed by atoms with Gasteiger partial charge in [0.2, 0.25) is 0 Å². The van der Waals surface area contributed by atoms with E-state index < -0.39 is 0 Å². The number of hydrogen-bond donors (Lipinski definition) is 1. The molecule has 4 heterocycles. The van der Waals surface area contributed by atoms with Gasteiger partial charge in [-0.25, -0.2) is 19.9 Å². The maximum Gasteiger partial charge on any atom is 0.188 e. The van der Waals surface area contributed by atoms with Crippen molar-refractivity contribution in [1.82, 2.24) is 19.4 Å². The zero-order valence-electron chi connectivity index (χ0n) is 20.4. The van der Waals surface area contributed by atoms with E-state index in [1.807, 2.05) is 60.1 Å². The molecule has 0 atom stereocenters. The lowest BCUT2D eigenvalue weighted by Crippen LogP contribution is -2.17. The number of hydrogen-bond acceptors (Lipinski definition) is 7. The quantitative estimate of drug-likeness (QED) is 0.328. The smallest absolute Gasteiger partial charge is 0.188 e. The summed E-state index contributed by atoms with van der Waals surface area (Å²) in [6.45, 7) is 6.79. The van der Waals surface area contributed by atoms with E-state index in [9.17, 15) is 0 Å². The average molecular weight is 479 g/mol. The van der Waals surface area contributed by atoms with Gasteiger partial charge in [-0.1, -0.05) is 6.07 Å². The van der Waals surface area contributed by atoms with Crippen LogP contribution in [0.4, 0.5) is 11.5 Å². The Hall–Kier alpha value is -4.46. The lowest BCUT2D eigenvalue weighted by Gasteiger charge is -2.13. The molecule has 0 fully saturated rings. The van der Waals surface area contributed by atoms with Crippen molar-refractivity contribution in [2.75, 3.05) is 11.9 Å². The third-order valence-electron chi connectivity index (χ3n) is 6.10. The van der Waals surface area contributed by atoms with Gasteiger partial charge in [0.1, 0.15) is 35.9 Å². The van der Waals surface area contributed by atoms with E-state index >= 15 is 0 Å². The van der Waals surface area contributed by atoms with Gasteiger partial charge >= 0.3 is 0 Å². The van der Waals surface area contributed by atoms with Crippen molar-refractivity contribution >= 4 is 34.0 Å². The maximum absolute atomic E-state index is 6.13. The molecule has 1 N–H and O–H groups in total. The van der Waals surface area contributed by atoms with Gasteiger partial charge in [-0.2, -0.15) is 0 Å². The number of aliphatic imine (C=N–C) groups is 1. The Kier molecular flexibility index (Phi) is 5.29. The second-order valence-electron chi connectivity index (χ2n) is 9.62. The van der Waals surface area contributed by atoms with Gasteiger partial charge in [-0.05, 0) is 74.4 Å². The van der Waals surface area contributed by atoms with Crippen LogP contribution in [0.15, 0.2) is 78.4 Å². The van der Waals surface area contributed by atoms with E-state index in [1.165, 1.54) is 0 Å². The summed E-state index contributed by atoms with van der Waals surface area (Å²) in [5, 5.41) is 4.40. The van der Waals surface area contributed by atoms with E-state index in [2.05, 4.69) is 51.2 Å². The van der Waals surface area contributed by atoms with Crippen LogP contribution in [0.3, 0.4) is 0 Å². The highest BCUT2D eigenvalue weighted by Gasteiger charge is 2.26. The Morgan fingerprint density at radius 3 is 2.81 bits per heavy atom. The summed E-state index contributed by atoms with van der Waals surface area (Å²) < 4.78 is 13.8. The van der Waals surface area contributed by atoms with Gasteiger partial charge in [0.05, 0.1) is 17.3 Å². The highest BCUT2D eigenvalue weighted by Crippen LogP contribution is 2.30. The van der Waals surface area contributed by atoms with E-state index in [1.54, 1.807) is 12.5 Å². The number of benzene rings is 2. The summed E-state index contributed by atoms with van der Waals surface area (Å²) in [6, 6.07) is 16.0. The van der Waals surface area contributed by atoms with Crippen LogP contribution in [-0.2, 0) is 11.2 Å². The number of nitrogens with one attached hydrogen (secondary N) is 1. The molecule has 0 spiro atoms. The first-order chi connectivity index (χ1) is 17.4. The molecule has 0 saturated heterocycles. The van der Waals surface area contributed by atoms with Crippen molar-refractivity contribution in [2.45, 2.75) is 32.7 Å². The minimum absolute atomic E-state index is 0.165. The molecule has 8 heteroatoms. The normalized spacial score (nSPS) is 14.6. The molecule has 6 rings (SSSR count). The van der Waals surface area contributed by atoms with E-state index in [0.717, 1.165) is 56.6 Å². The van der Waals surface area contributed by atoms with Gasteiger partial charge in [-0.3, -0.25) is 0 Å². The van der Waals surface area contributed by atoms with Crippen molar-refractivity contribution in [2.24, 2.45) is 4.99 Å². The first-order valence-electron chi connectivity index (χ1n) is 11.9. The maximum atomic E-state index is 6.13. The standard InChI is InChI=1S/C28H26N6O2/c1-18-12-20(5-8-24(18)36-21-6-9-25-29-10-11-34(25)15-21)32-27-22-13-19(4-7-23(22)30-17-31-27)14-26-33-28(2,3)16-35-26/h4-13,15,17H,14,16H2,1-3H3,(H,30,31,32). The Balaban J connectivity index is 1.23.